The van der Waals surface area contributed by atoms with Crippen LogP contribution in [0.15, 0.2) is 72.8 Å². The summed E-state index contributed by atoms with van der Waals surface area (Å²) in [4.78, 5) is 27.3. The number of rotatable bonds is 10. The summed E-state index contributed by atoms with van der Waals surface area (Å²) < 4.78 is 29.8. The van der Waals surface area contributed by atoms with E-state index in [4.69, 9.17) is 14.2 Å². The number of nitrogens with zero attached hydrogens (tertiary/aromatic N) is 4. The number of aromatic nitrogens is 3. The van der Waals surface area contributed by atoms with Gasteiger partial charge in [-0.15, -0.1) is 0 Å². The minimum absolute atomic E-state index is 0.0320. The number of methoxy groups -OCH3 is 2. The topological polar surface area (TPSA) is 98.7 Å². The Morgan fingerprint density at radius 3 is 2.29 bits per heavy atom. The molecule has 9 nitrogen and oxygen atoms in total. The Morgan fingerprint density at radius 1 is 0.895 bits per heavy atom. The Bertz CT molecular complexity index is 1440. The van der Waals surface area contributed by atoms with Crippen molar-refractivity contribution in [3.8, 4) is 23.3 Å². The number of nitrogens with one attached hydrogen (secondary N) is 1. The van der Waals surface area contributed by atoms with Crippen LogP contribution in [0.3, 0.4) is 0 Å². The summed E-state index contributed by atoms with van der Waals surface area (Å²) in [6.07, 6.45) is 3.18. The van der Waals surface area contributed by atoms with Gasteiger partial charge in [0.2, 0.25) is 11.9 Å². The van der Waals surface area contributed by atoms with Gasteiger partial charge in [0.15, 0.2) is 17.3 Å². The molecule has 10 heteroatoms. The van der Waals surface area contributed by atoms with Gasteiger partial charge in [-0.05, 0) is 72.3 Å². The molecule has 0 unspecified atom stereocenters. The molecule has 0 saturated carbocycles. The maximum Gasteiger partial charge on any atom is 0.328 e. The molecule has 4 rings (SSSR count). The largest absolute Gasteiger partial charge is 0.497 e. The van der Waals surface area contributed by atoms with E-state index < -0.39 is 0 Å². The van der Waals surface area contributed by atoms with E-state index in [1.807, 2.05) is 0 Å². The Kier molecular flexibility index (Phi) is 8.12. The maximum absolute atomic E-state index is 13.3. The summed E-state index contributed by atoms with van der Waals surface area (Å²) >= 11 is 0. The van der Waals surface area contributed by atoms with Crippen LogP contribution >= 0.6 is 0 Å². The van der Waals surface area contributed by atoms with Gasteiger partial charge < -0.3 is 24.4 Å². The molecule has 1 heterocycles. The normalized spacial score (nSPS) is 10.8. The lowest BCUT2D eigenvalue weighted by Crippen LogP contribution is -2.15. The zero-order chi connectivity index (χ0) is 27.1. The second-order valence-corrected chi connectivity index (χ2v) is 8.21. The van der Waals surface area contributed by atoms with Gasteiger partial charge in [0.05, 0.1) is 14.2 Å². The van der Waals surface area contributed by atoms with Gasteiger partial charge in [0, 0.05) is 25.3 Å². The molecule has 1 aromatic heterocycles. The monoisotopic (exact) mass is 515 g/mol. The molecule has 194 valence electrons. The zero-order valence-electron chi connectivity index (χ0n) is 21.3. The van der Waals surface area contributed by atoms with E-state index in [1.165, 1.54) is 25.3 Å². The van der Waals surface area contributed by atoms with Crippen molar-refractivity contribution in [3.63, 3.8) is 0 Å². The molecule has 0 fully saturated rings. The Labute approximate surface area is 219 Å². The molecule has 0 radical (unpaired) electrons. The first-order valence-corrected chi connectivity index (χ1v) is 11.5. The molecular formula is C28H26FN5O4. The second-order valence-electron chi connectivity index (χ2n) is 8.21. The second kappa shape index (κ2) is 11.8. The van der Waals surface area contributed by atoms with Crippen LogP contribution in [-0.4, -0.2) is 49.1 Å². The van der Waals surface area contributed by atoms with Crippen LogP contribution in [0.1, 0.15) is 15.9 Å². The minimum atomic E-state index is -0.348. The average molecular weight is 516 g/mol. The maximum atomic E-state index is 13.3. The molecule has 1 N–H and O–H groups in total. The van der Waals surface area contributed by atoms with Crippen molar-refractivity contribution < 1.29 is 23.4 Å². The summed E-state index contributed by atoms with van der Waals surface area (Å²) in [6.45, 7) is 0. The predicted molar refractivity (Wildman–Crippen MR) is 143 cm³/mol. The first kappa shape index (κ1) is 26.1. The molecule has 0 spiro atoms. The fourth-order valence-corrected chi connectivity index (χ4v) is 3.30. The van der Waals surface area contributed by atoms with Crippen LogP contribution in [-0.2, 0) is 0 Å². The van der Waals surface area contributed by atoms with Gasteiger partial charge in [-0.2, -0.15) is 15.0 Å². The van der Waals surface area contributed by atoms with Crippen molar-refractivity contribution in [2.45, 2.75) is 0 Å². The van der Waals surface area contributed by atoms with E-state index in [2.05, 4.69) is 20.3 Å². The van der Waals surface area contributed by atoms with E-state index >= 15 is 0 Å². The number of benzene rings is 3. The molecule has 38 heavy (non-hydrogen) atoms. The Hall–Kier alpha value is -4.99. The van der Waals surface area contributed by atoms with E-state index in [-0.39, 0.29) is 23.6 Å². The standard InChI is InChI=1S/C28H26FN5O4/c1-34(2)27-31-26(30-21-11-9-20(29)10-12-21)32-28(33-27)38-24-16-6-18(17-25(24)37-4)5-15-23(35)19-7-13-22(36-3)14-8-19/h5-17H,1-4H3,(H,30,31,32,33)/b15-5+. The van der Waals surface area contributed by atoms with Crippen LogP contribution < -0.4 is 24.4 Å². The average Bonchev–Trinajstić information content (AvgIpc) is 2.93. The third-order valence-electron chi connectivity index (χ3n) is 5.29. The van der Waals surface area contributed by atoms with Crippen molar-refractivity contribution in [1.82, 2.24) is 15.0 Å². The number of carbonyl (C=O) groups is 1. The van der Waals surface area contributed by atoms with Crippen molar-refractivity contribution in [2.75, 3.05) is 38.5 Å². The summed E-state index contributed by atoms with van der Waals surface area (Å²) in [6, 6.07) is 17.9. The van der Waals surface area contributed by atoms with E-state index in [9.17, 15) is 9.18 Å². The molecule has 0 saturated heterocycles. The van der Waals surface area contributed by atoms with E-state index in [0.29, 0.717) is 34.4 Å². The number of hydrogen-bond acceptors (Lipinski definition) is 9. The van der Waals surface area contributed by atoms with Crippen molar-refractivity contribution in [1.29, 1.82) is 0 Å². The molecule has 0 atom stereocenters. The van der Waals surface area contributed by atoms with Crippen LogP contribution in [0.25, 0.3) is 6.08 Å². The van der Waals surface area contributed by atoms with Crippen LogP contribution in [0.4, 0.5) is 22.0 Å². The molecule has 0 aliphatic rings. The predicted octanol–water partition coefficient (Wildman–Crippen LogP) is 5.53. The highest BCUT2D eigenvalue weighted by Gasteiger charge is 2.14. The lowest BCUT2D eigenvalue weighted by Gasteiger charge is -2.15. The van der Waals surface area contributed by atoms with Crippen LogP contribution in [0.2, 0.25) is 0 Å². The number of ether oxygens (including phenoxy) is 3. The lowest BCUT2D eigenvalue weighted by molar-refractivity contribution is 0.104. The Morgan fingerprint density at radius 2 is 1.63 bits per heavy atom. The first-order valence-electron chi connectivity index (χ1n) is 11.5. The quantitative estimate of drug-likeness (QED) is 0.216. The fraction of sp³-hybridized carbons (Fsp3) is 0.143. The fourth-order valence-electron chi connectivity index (χ4n) is 3.30. The van der Waals surface area contributed by atoms with Crippen molar-refractivity contribution in [3.05, 3.63) is 89.8 Å². The Balaban J connectivity index is 1.54. The smallest absolute Gasteiger partial charge is 0.328 e. The van der Waals surface area contributed by atoms with Crippen molar-refractivity contribution in [2.24, 2.45) is 0 Å². The molecular weight excluding hydrogens is 489 g/mol. The van der Waals surface area contributed by atoms with Crippen LogP contribution in [0, 0.1) is 5.82 Å². The highest BCUT2D eigenvalue weighted by molar-refractivity contribution is 6.06. The molecule has 0 aliphatic carbocycles. The van der Waals surface area contributed by atoms with Gasteiger partial charge in [-0.1, -0.05) is 12.1 Å². The SMILES string of the molecule is COc1ccc(C(=O)/C=C/c2ccc(Oc3nc(Nc4ccc(F)cc4)nc(N(C)C)n3)c(OC)c2)cc1. The minimum Gasteiger partial charge on any atom is -0.497 e. The third-order valence-corrected chi connectivity index (χ3v) is 5.29. The number of allylic oxidation sites excluding steroid dienone is 1. The zero-order valence-corrected chi connectivity index (χ0v) is 21.3. The van der Waals surface area contributed by atoms with Gasteiger partial charge in [0.1, 0.15) is 11.6 Å². The molecule has 0 amide bonds. The highest BCUT2D eigenvalue weighted by atomic mass is 19.1. The number of halogens is 1. The molecule has 4 aromatic rings. The summed E-state index contributed by atoms with van der Waals surface area (Å²) in [5, 5.41) is 3.02. The first-order chi connectivity index (χ1) is 18.3. The van der Waals surface area contributed by atoms with Gasteiger partial charge in [-0.3, -0.25) is 4.79 Å². The number of ketones is 1. The van der Waals surface area contributed by atoms with E-state index in [0.717, 1.165) is 5.56 Å². The van der Waals surface area contributed by atoms with Crippen molar-refractivity contribution >= 4 is 29.4 Å². The molecule has 0 aliphatic heterocycles. The van der Waals surface area contributed by atoms with Gasteiger partial charge in [0.25, 0.3) is 0 Å². The third kappa shape index (κ3) is 6.61. The number of hydrogen-bond donors (Lipinski definition) is 1. The number of anilines is 3. The van der Waals surface area contributed by atoms with Gasteiger partial charge in [-0.25, -0.2) is 4.39 Å². The molecule has 3 aromatic carbocycles. The molecule has 0 bridgehead atoms. The number of carbonyl (C=O) groups excluding carboxylic acids is 1. The van der Waals surface area contributed by atoms with Gasteiger partial charge >= 0.3 is 6.01 Å². The summed E-state index contributed by atoms with van der Waals surface area (Å²) in [5.74, 6) is 1.56. The lowest BCUT2D eigenvalue weighted by atomic mass is 10.1. The van der Waals surface area contributed by atoms with E-state index in [1.54, 1.807) is 86.8 Å². The highest BCUT2D eigenvalue weighted by Crippen LogP contribution is 2.32. The summed E-state index contributed by atoms with van der Waals surface area (Å²) in [7, 11) is 6.66. The summed E-state index contributed by atoms with van der Waals surface area (Å²) in [5.41, 5.74) is 1.89. The van der Waals surface area contributed by atoms with Crippen LogP contribution in [0.5, 0.6) is 23.3 Å².